The van der Waals surface area contributed by atoms with E-state index in [1.165, 1.54) is 58.0 Å². The Morgan fingerprint density at radius 1 is 1.00 bits per heavy atom. The van der Waals surface area contributed by atoms with Crippen LogP contribution in [0, 0.1) is 17.3 Å². The summed E-state index contributed by atoms with van der Waals surface area (Å²) in [7, 11) is 0. The van der Waals surface area contributed by atoms with Gasteiger partial charge in [0.05, 0.1) is 6.61 Å². The fourth-order valence-corrected chi connectivity index (χ4v) is 4.05. The van der Waals surface area contributed by atoms with Crippen molar-refractivity contribution in [2.75, 3.05) is 19.7 Å². The van der Waals surface area contributed by atoms with Gasteiger partial charge in [-0.05, 0) is 62.3 Å². The molecular formula is C17H33NO. The lowest BCUT2D eigenvalue weighted by molar-refractivity contribution is 0.0581. The van der Waals surface area contributed by atoms with Gasteiger partial charge in [-0.3, -0.25) is 4.90 Å². The average molecular weight is 267 g/mol. The van der Waals surface area contributed by atoms with E-state index in [0.717, 1.165) is 11.8 Å². The van der Waals surface area contributed by atoms with Gasteiger partial charge in [-0.1, -0.05) is 27.2 Å². The van der Waals surface area contributed by atoms with Gasteiger partial charge in [0, 0.05) is 12.6 Å². The number of likely N-dealkylation sites (tertiary alicyclic amines) is 1. The van der Waals surface area contributed by atoms with Crippen molar-refractivity contribution in [3.8, 4) is 0 Å². The molecule has 0 unspecified atom stereocenters. The first-order chi connectivity index (χ1) is 9.00. The maximum atomic E-state index is 9.50. The van der Waals surface area contributed by atoms with Crippen LogP contribution < -0.4 is 0 Å². The highest BCUT2D eigenvalue weighted by molar-refractivity contribution is 4.84. The molecule has 2 rings (SSSR count). The van der Waals surface area contributed by atoms with E-state index >= 15 is 0 Å². The van der Waals surface area contributed by atoms with Gasteiger partial charge in [0.2, 0.25) is 0 Å². The van der Waals surface area contributed by atoms with Crippen LogP contribution >= 0.6 is 0 Å². The van der Waals surface area contributed by atoms with Crippen molar-refractivity contribution in [1.29, 1.82) is 0 Å². The number of hydrogen-bond donors (Lipinski definition) is 1. The maximum absolute atomic E-state index is 9.50. The highest BCUT2D eigenvalue weighted by atomic mass is 16.3. The first-order valence-electron chi connectivity index (χ1n) is 8.35. The van der Waals surface area contributed by atoms with E-state index in [0.29, 0.717) is 18.1 Å². The Morgan fingerprint density at radius 3 is 2.26 bits per heavy atom. The summed E-state index contributed by atoms with van der Waals surface area (Å²) in [5, 5.41) is 9.50. The third-order valence-electron chi connectivity index (χ3n) is 5.52. The predicted molar refractivity (Wildman–Crippen MR) is 81.2 cm³/mol. The van der Waals surface area contributed by atoms with Gasteiger partial charge in [0.25, 0.3) is 0 Å². The summed E-state index contributed by atoms with van der Waals surface area (Å²) in [5.41, 5.74) is 0.490. The minimum absolute atomic E-state index is 0.358. The standard InChI is InChI=1S/C17H33NO/c1-17(2,3)15-9-7-14(8-10-15)12-18-11-5-4-6-16(18)13-19/h14-16,19H,4-13H2,1-3H3/t14?,15?,16-/m0/s1. The molecule has 0 radical (unpaired) electrons. The van der Waals surface area contributed by atoms with Crippen LogP contribution in [0.3, 0.4) is 0 Å². The predicted octanol–water partition coefficient (Wildman–Crippen LogP) is 3.69. The average Bonchev–Trinajstić information content (AvgIpc) is 2.39. The molecule has 2 fully saturated rings. The maximum Gasteiger partial charge on any atom is 0.0586 e. The van der Waals surface area contributed by atoms with Crippen LogP contribution in [-0.2, 0) is 0 Å². The number of rotatable bonds is 3. The minimum atomic E-state index is 0.358. The van der Waals surface area contributed by atoms with E-state index in [1.54, 1.807) is 0 Å². The summed E-state index contributed by atoms with van der Waals surface area (Å²) in [6, 6.07) is 0.453. The second-order valence-corrected chi connectivity index (χ2v) is 7.91. The molecule has 0 aromatic heterocycles. The van der Waals surface area contributed by atoms with E-state index in [1.807, 2.05) is 0 Å². The zero-order valence-corrected chi connectivity index (χ0v) is 13.2. The zero-order chi connectivity index (χ0) is 13.9. The van der Waals surface area contributed by atoms with E-state index in [9.17, 15) is 5.11 Å². The minimum Gasteiger partial charge on any atom is -0.395 e. The van der Waals surface area contributed by atoms with Gasteiger partial charge in [-0.2, -0.15) is 0 Å². The number of piperidine rings is 1. The molecule has 0 amide bonds. The summed E-state index contributed by atoms with van der Waals surface area (Å²) in [4.78, 5) is 2.57. The summed E-state index contributed by atoms with van der Waals surface area (Å²) >= 11 is 0. The molecule has 0 aromatic carbocycles. The van der Waals surface area contributed by atoms with Crippen LogP contribution in [0.15, 0.2) is 0 Å². The molecule has 0 bridgehead atoms. The van der Waals surface area contributed by atoms with Crippen LogP contribution in [0.25, 0.3) is 0 Å². The Labute approximate surface area is 119 Å². The van der Waals surface area contributed by atoms with Crippen LogP contribution in [0.4, 0.5) is 0 Å². The SMILES string of the molecule is CC(C)(C)C1CCC(CN2CCCC[C@H]2CO)CC1. The molecule has 2 heteroatoms. The normalized spacial score (nSPS) is 34.4. The topological polar surface area (TPSA) is 23.5 Å². The number of aliphatic hydroxyl groups excluding tert-OH is 1. The molecule has 1 saturated heterocycles. The van der Waals surface area contributed by atoms with Crippen LogP contribution in [0.5, 0.6) is 0 Å². The van der Waals surface area contributed by atoms with Crippen molar-refractivity contribution in [1.82, 2.24) is 4.90 Å². The number of nitrogens with zero attached hydrogens (tertiary/aromatic N) is 1. The summed E-state index contributed by atoms with van der Waals surface area (Å²) in [6.45, 7) is 9.99. The largest absolute Gasteiger partial charge is 0.395 e. The first-order valence-corrected chi connectivity index (χ1v) is 8.35. The van der Waals surface area contributed by atoms with Crippen molar-refractivity contribution < 1.29 is 5.11 Å². The summed E-state index contributed by atoms with van der Waals surface area (Å²) < 4.78 is 0. The monoisotopic (exact) mass is 267 g/mol. The van der Waals surface area contributed by atoms with Crippen molar-refractivity contribution in [3.05, 3.63) is 0 Å². The van der Waals surface area contributed by atoms with Crippen molar-refractivity contribution in [3.63, 3.8) is 0 Å². The smallest absolute Gasteiger partial charge is 0.0586 e. The van der Waals surface area contributed by atoms with Crippen molar-refractivity contribution >= 4 is 0 Å². The van der Waals surface area contributed by atoms with Crippen LogP contribution in [0.1, 0.15) is 65.7 Å². The highest BCUT2D eigenvalue weighted by Gasteiger charge is 2.31. The van der Waals surface area contributed by atoms with Gasteiger partial charge < -0.3 is 5.11 Å². The van der Waals surface area contributed by atoms with Gasteiger partial charge in [-0.15, -0.1) is 0 Å². The lowest BCUT2D eigenvalue weighted by atomic mass is 9.69. The van der Waals surface area contributed by atoms with Crippen molar-refractivity contribution in [2.24, 2.45) is 17.3 Å². The van der Waals surface area contributed by atoms with E-state index in [2.05, 4.69) is 25.7 Å². The molecule has 1 saturated carbocycles. The first kappa shape index (κ1) is 15.3. The molecular weight excluding hydrogens is 234 g/mol. The van der Waals surface area contributed by atoms with E-state index in [4.69, 9.17) is 0 Å². The molecule has 0 aromatic rings. The van der Waals surface area contributed by atoms with E-state index < -0.39 is 0 Å². The Bertz CT molecular complexity index is 263. The van der Waals surface area contributed by atoms with Crippen LogP contribution in [-0.4, -0.2) is 35.7 Å². The van der Waals surface area contributed by atoms with Gasteiger partial charge in [0.15, 0.2) is 0 Å². The third kappa shape index (κ3) is 4.19. The summed E-state index contributed by atoms with van der Waals surface area (Å²) in [6.07, 6.45) is 9.45. The Kier molecular flexibility index (Phi) is 5.30. The number of aliphatic hydroxyl groups is 1. The fraction of sp³-hybridized carbons (Fsp3) is 1.00. The third-order valence-corrected chi connectivity index (χ3v) is 5.52. The molecule has 2 aliphatic rings. The molecule has 1 aliphatic carbocycles. The van der Waals surface area contributed by atoms with Crippen molar-refractivity contribution in [2.45, 2.75) is 71.8 Å². The Morgan fingerprint density at radius 2 is 1.68 bits per heavy atom. The molecule has 2 nitrogen and oxygen atoms in total. The van der Waals surface area contributed by atoms with Gasteiger partial charge >= 0.3 is 0 Å². The molecule has 0 spiro atoms. The molecule has 1 atom stereocenters. The summed E-state index contributed by atoms with van der Waals surface area (Å²) in [5.74, 6) is 1.80. The lowest BCUT2D eigenvalue weighted by Gasteiger charge is -2.41. The molecule has 1 N–H and O–H groups in total. The quantitative estimate of drug-likeness (QED) is 0.843. The zero-order valence-electron chi connectivity index (χ0n) is 13.2. The van der Waals surface area contributed by atoms with Gasteiger partial charge in [0.1, 0.15) is 0 Å². The Balaban J connectivity index is 1.78. The van der Waals surface area contributed by atoms with Crippen LogP contribution in [0.2, 0.25) is 0 Å². The Hall–Kier alpha value is -0.0800. The van der Waals surface area contributed by atoms with E-state index in [-0.39, 0.29) is 0 Å². The molecule has 1 heterocycles. The molecule has 19 heavy (non-hydrogen) atoms. The second-order valence-electron chi connectivity index (χ2n) is 7.91. The lowest BCUT2D eigenvalue weighted by Crippen LogP contribution is -2.45. The fourth-order valence-electron chi connectivity index (χ4n) is 4.05. The molecule has 112 valence electrons. The van der Waals surface area contributed by atoms with Gasteiger partial charge in [-0.25, -0.2) is 0 Å². The molecule has 1 aliphatic heterocycles. The number of hydrogen-bond acceptors (Lipinski definition) is 2. The second kappa shape index (κ2) is 6.58. The highest BCUT2D eigenvalue weighted by Crippen LogP contribution is 2.40.